The maximum absolute atomic E-state index is 12.2. The largest absolute Gasteiger partial charge is 0.455 e. The van der Waals surface area contributed by atoms with Crippen molar-refractivity contribution in [3.63, 3.8) is 0 Å². The Bertz CT molecular complexity index is 618. The summed E-state index contributed by atoms with van der Waals surface area (Å²) in [6.07, 6.45) is 5.72. The third-order valence-electron chi connectivity index (χ3n) is 4.66. The Morgan fingerprint density at radius 2 is 1.81 bits per heavy atom. The van der Waals surface area contributed by atoms with Gasteiger partial charge in [-0.25, -0.2) is 0 Å². The number of amides is 2. The number of benzene rings is 1. The number of rotatable bonds is 9. The van der Waals surface area contributed by atoms with Crippen molar-refractivity contribution in [3.8, 4) is 0 Å². The molecule has 1 N–H and O–H groups in total. The van der Waals surface area contributed by atoms with Gasteiger partial charge in [0, 0.05) is 19.6 Å². The molecule has 0 heterocycles. The lowest BCUT2D eigenvalue weighted by atomic mass is 9.94. The predicted octanol–water partition coefficient (Wildman–Crippen LogP) is 2.37. The van der Waals surface area contributed by atoms with Crippen LogP contribution < -0.4 is 5.32 Å². The molecule has 27 heavy (non-hydrogen) atoms. The van der Waals surface area contributed by atoms with E-state index in [1.54, 1.807) is 0 Å². The first kappa shape index (κ1) is 21.3. The molecule has 1 aliphatic rings. The van der Waals surface area contributed by atoms with Crippen molar-refractivity contribution in [2.24, 2.45) is 0 Å². The summed E-state index contributed by atoms with van der Waals surface area (Å²) in [6.45, 7) is 0.0934. The molecule has 0 atom stereocenters. The van der Waals surface area contributed by atoms with Gasteiger partial charge in [-0.1, -0.05) is 49.6 Å². The van der Waals surface area contributed by atoms with Crippen LogP contribution in [0.15, 0.2) is 30.3 Å². The van der Waals surface area contributed by atoms with E-state index < -0.39 is 5.97 Å². The summed E-state index contributed by atoms with van der Waals surface area (Å²) in [6, 6.07) is 9.83. The predicted molar refractivity (Wildman–Crippen MR) is 106 cm³/mol. The van der Waals surface area contributed by atoms with Crippen molar-refractivity contribution >= 4 is 29.5 Å². The van der Waals surface area contributed by atoms with Gasteiger partial charge in [-0.15, -0.1) is 11.8 Å². The second-order valence-electron chi connectivity index (χ2n) is 6.71. The molecule has 1 aromatic rings. The number of carbonyl (C=O) groups excluding carboxylic acids is 3. The highest BCUT2D eigenvalue weighted by molar-refractivity contribution is 8.00. The van der Waals surface area contributed by atoms with Crippen molar-refractivity contribution in [3.05, 3.63) is 35.9 Å². The zero-order valence-corrected chi connectivity index (χ0v) is 16.6. The molecule has 0 aliphatic heterocycles. The molecule has 1 aromatic carbocycles. The van der Waals surface area contributed by atoms with Crippen LogP contribution in [0, 0.1) is 0 Å². The van der Waals surface area contributed by atoms with E-state index >= 15 is 0 Å². The first-order chi connectivity index (χ1) is 13.1. The van der Waals surface area contributed by atoms with Crippen LogP contribution in [0.25, 0.3) is 0 Å². The monoisotopic (exact) mass is 392 g/mol. The number of thioether (sulfide) groups is 1. The SMILES string of the molecule is CN(C(=O)CSCC(=O)OCC(=O)NCc1ccccc1)C1CCCCC1. The minimum Gasteiger partial charge on any atom is -0.455 e. The second-order valence-corrected chi connectivity index (χ2v) is 7.70. The van der Waals surface area contributed by atoms with E-state index in [2.05, 4.69) is 5.32 Å². The minimum absolute atomic E-state index is 0.0419. The van der Waals surface area contributed by atoms with Crippen LogP contribution in [0.4, 0.5) is 0 Å². The Hall–Kier alpha value is -2.02. The molecule has 0 saturated heterocycles. The maximum Gasteiger partial charge on any atom is 0.316 e. The number of hydrogen-bond acceptors (Lipinski definition) is 5. The molecule has 0 spiro atoms. The highest BCUT2D eigenvalue weighted by Gasteiger charge is 2.22. The van der Waals surface area contributed by atoms with Crippen molar-refractivity contribution in [2.45, 2.75) is 44.7 Å². The number of nitrogens with one attached hydrogen (secondary N) is 1. The summed E-state index contributed by atoms with van der Waals surface area (Å²) in [5.74, 6) is -0.466. The van der Waals surface area contributed by atoms with Crippen LogP contribution in [-0.2, 0) is 25.7 Å². The first-order valence-corrected chi connectivity index (χ1v) is 10.5. The molecular formula is C20H28N2O4S. The Balaban J connectivity index is 1.56. The van der Waals surface area contributed by atoms with Crippen LogP contribution in [0.1, 0.15) is 37.7 Å². The molecule has 0 unspecified atom stereocenters. The minimum atomic E-state index is -0.483. The van der Waals surface area contributed by atoms with Gasteiger partial charge in [0.1, 0.15) is 0 Å². The number of ether oxygens (including phenoxy) is 1. The highest BCUT2D eigenvalue weighted by Crippen LogP contribution is 2.22. The molecule has 0 aromatic heterocycles. The number of hydrogen-bond donors (Lipinski definition) is 1. The lowest BCUT2D eigenvalue weighted by molar-refractivity contribution is -0.145. The summed E-state index contributed by atoms with van der Waals surface area (Å²) in [5.41, 5.74) is 0.980. The molecule has 0 bridgehead atoms. The van der Waals surface area contributed by atoms with Crippen molar-refractivity contribution < 1.29 is 19.1 Å². The van der Waals surface area contributed by atoms with Gasteiger partial charge in [0.05, 0.1) is 11.5 Å². The fourth-order valence-electron chi connectivity index (χ4n) is 3.03. The van der Waals surface area contributed by atoms with Gasteiger partial charge < -0.3 is 15.0 Å². The van der Waals surface area contributed by atoms with Gasteiger partial charge >= 0.3 is 5.97 Å². The zero-order valence-electron chi connectivity index (χ0n) is 15.8. The number of nitrogens with zero attached hydrogens (tertiary/aromatic N) is 1. The Morgan fingerprint density at radius 1 is 1.11 bits per heavy atom. The van der Waals surface area contributed by atoms with Gasteiger partial charge in [-0.3, -0.25) is 14.4 Å². The van der Waals surface area contributed by atoms with Crippen molar-refractivity contribution in [1.82, 2.24) is 10.2 Å². The molecule has 2 rings (SSSR count). The molecule has 0 radical (unpaired) electrons. The second kappa shape index (κ2) is 11.6. The lowest BCUT2D eigenvalue weighted by Gasteiger charge is -2.31. The van der Waals surface area contributed by atoms with E-state index in [-0.39, 0.29) is 29.9 Å². The number of carbonyl (C=O) groups is 3. The van der Waals surface area contributed by atoms with E-state index in [4.69, 9.17) is 4.74 Å². The summed E-state index contributed by atoms with van der Waals surface area (Å²) in [5, 5.41) is 2.70. The third-order valence-corrected chi connectivity index (χ3v) is 5.55. The van der Waals surface area contributed by atoms with Gasteiger partial charge in [0.25, 0.3) is 5.91 Å². The Labute approximate surface area is 165 Å². The molecule has 1 fully saturated rings. The fraction of sp³-hybridized carbons (Fsp3) is 0.550. The molecule has 1 aliphatic carbocycles. The van der Waals surface area contributed by atoms with Gasteiger partial charge in [0.2, 0.25) is 5.91 Å². The molecule has 7 heteroatoms. The van der Waals surface area contributed by atoms with E-state index in [1.807, 2.05) is 42.3 Å². The van der Waals surface area contributed by atoms with Crippen LogP contribution in [0.2, 0.25) is 0 Å². The Morgan fingerprint density at radius 3 is 2.52 bits per heavy atom. The van der Waals surface area contributed by atoms with E-state index in [9.17, 15) is 14.4 Å². The van der Waals surface area contributed by atoms with E-state index in [0.717, 1.165) is 18.4 Å². The van der Waals surface area contributed by atoms with E-state index in [1.165, 1.54) is 31.0 Å². The molecule has 6 nitrogen and oxygen atoms in total. The maximum atomic E-state index is 12.2. The highest BCUT2D eigenvalue weighted by atomic mass is 32.2. The van der Waals surface area contributed by atoms with Crippen LogP contribution in [0.3, 0.4) is 0 Å². The quantitative estimate of drug-likeness (QED) is 0.653. The van der Waals surface area contributed by atoms with Gasteiger partial charge in [0.15, 0.2) is 6.61 Å². The van der Waals surface area contributed by atoms with Gasteiger partial charge in [-0.05, 0) is 18.4 Å². The van der Waals surface area contributed by atoms with E-state index in [0.29, 0.717) is 12.6 Å². The van der Waals surface area contributed by atoms with Crippen LogP contribution >= 0.6 is 11.8 Å². The summed E-state index contributed by atoms with van der Waals surface area (Å²) in [7, 11) is 1.84. The standard InChI is InChI=1S/C20H28N2O4S/c1-22(17-10-6-3-7-11-17)19(24)14-27-15-20(25)26-13-18(23)21-12-16-8-4-2-5-9-16/h2,4-5,8-9,17H,3,6-7,10-15H2,1H3,(H,21,23). The summed E-state index contributed by atoms with van der Waals surface area (Å²) >= 11 is 1.23. The summed E-state index contributed by atoms with van der Waals surface area (Å²) < 4.78 is 4.95. The van der Waals surface area contributed by atoms with Crippen molar-refractivity contribution in [2.75, 3.05) is 25.2 Å². The molecule has 2 amide bonds. The van der Waals surface area contributed by atoms with Crippen molar-refractivity contribution in [1.29, 1.82) is 0 Å². The number of esters is 1. The van der Waals surface area contributed by atoms with Crippen LogP contribution in [-0.4, -0.2) is 53.9 Å². The third kappa shape index (κ3) is 8.03. The molecular weight excluding hydrogens is 364 g/mol. The van der Waals surface area contributed by atoms with Gasteiger partial charge in [-0.2, -0.15) is 0 Å². The fourth-order valence-corrected chi connectivity index (χ4v) is 3.76. The average molecular weight is 393 g/mol. The summed E-state index contributed by atoms with van der Waals surface area (Å²) in [4.78, 5) is 37.5. The molecule has 148 valence electrons. The Kier molecular flexibility index (Phi) is 9.18. The first-order valence-electron chi connectivity index (χ1n) is 9.36. The topological polar surface area (TPSA) is 75.7 Å². The lowest BCUT2D eigenvalue weighted by Crippen LogP contribution is -2.39. The smallest absolute Gasteiger partial charge is 0.316 e. The zero-order chi connectivity index (χ0) is 19.5. The normalized spacial score (nSPS) is 14.4. The molecule has 1 saturated carbocycles. The average Bonchev–Trinajstić information content (AvgIpc) is 2.71. The van der Waals surface area contributed by atoms with Crippen LogP contribution in [0.5, 0.6) is 0 Å².